The second-order valence-electron chi connectivity index (χ2n) is 7.53. The molecule has 33 heavy (non-hydrogen) atoms. The van der Waals surface area contributed by atoms with Crippen molar-refractivity contribution in [1.29, 1.82) is 0 Å². The van der Waals surface area contributed by atoms with Gasteiger partial charge in [0.05, 0.1) is 23.2 Å². The third-order valence-electron chi connectivity index (χ3n) is 5.22. The molecule has 0 radical (unpaired) electrons. The zero-order valence-electron chi connectivity index (χ0n) is 17.8. The highest BCUT2D eigenvalue weighted by Gasteiger charge is 2.18. The molecule has 0 aliphatic heterocycles. The Morgan fingerprint density at radius 2 is 1.79 bits per heavy atom. The Bertz CT molecular complexity index is 1340. The molecule has 0 spiro atoms. The average molecular weight is 455 g/mol. The van der Waals surface area contributed by atoms with Crippen molar-refractivity contribution in [2.75, 3.05) is 16.8 Å². The summed E-state index contributed by atoms with van der Waals surface area (Å²) in [4.78, 5) is 25.5. The van der Waals surface area contributed by atoms with Crippen LogP contribution in [0.15, 0.2) is 94.9 Å². The van der Waals surface area contributed by atoms with Crippen molar-refractivity contribution in [3.05, 3.63) is 96.3 Å². The lowest BCUT2D eigenvalue weighted by Crippen LogP contribution is -2.28. The molecule has 1 amide bonds. The Hall–Kier alpha value is -3.97. The molecule has 0 atom stereocenters. The van der Waals surface area contributed by atoms with E-state index in [-0.39, 0.29) is 5.91 Å². The number of thiophene rings is 1. The topological polar surface area (TPSA) is 71.3 Å². The molecular weight excluding hydrogens is 432 g/mol. The van der Waals surface area contributed by atoms with Crippen LogP contribution >= 0.6 is 11.3 Å². The third kappa shape index (κ3) is 4.94. The molecule has 164 valence electrons. The van der Waals surface area contributed by atoms with Crippen molar-refractivity contribution >= 4 is 39.7 Å². The van der Waals surface area contributed by atoms with Crippen LogP contribution in [0.1, 0.15) is 12.2 Å². The molecule has 0 fully saturated rings. The zero-order valence-corrected chi connectivity index (χ0v) is 18.7. The van der Waals surface area contributed by atoms with Crippen molar-refractivity contribution in [3.8, 4) is 10.7 Å². The molecule has 0 unspecified atom stereocenters. The Balaban J connectivity index is 1.47. The molecule has 1 N–H and O–H groups in total. The monoisotopic (exact) mass is 454 g/mol. The number of nitrogens with zero attached hydrogens (tertiary/aromatic N) is 3. The van der Waals surface area contributed by atoms with Crippen LogP contribution in [-0.2, 0) is 11.3 Å². The van der Waals surface area contributed by atoms with E-state index in [1.54, 1.807) is 17.6 Å². The van der Waals surface area contributed by atoms with Crippen LogP contribution in [0.3, 0.4) is 0 Å². The molecule has 7 heteroatoms. The summed E-state index contributed by atoms with van der Waals surface area (Å²) in [6.07, 6.45) is 1.97. The predicted octanol–water partition coefficient (Wildman–Crippen LogP) is 5.99. The summed E-state index contributed by atoms with van der Waals surface area (Å²) in [6, 6.07) is 25.2. The normalized spacial score (nSPS) is 10.9. The standard InChI is InChI=1S/C26H22N4O2S/c31-24(27-19-8-2-1-3-9-19)14-15-30(18-20-10-6-16-32-20)26-21-11-4-5-12-22(21)28-25(29-26)23-13-7-17-33-23/h1-13,16-17H,14-15,18H2,(H,27,31). The first-order chi connectivity index (χ1) is 16.3. The van der Waals surface area contributed by atoms with Crippen LogP contribution in [0.4, 0.5) is 11.5 Å². The molecule has 5 aromatic rings. The quantitative estimate of drug-likeness (QED) is 0.312. The van der Waals surface area contributed by atoms with E-state index in [1.165, 1.54) is 0 Å². The van der Waals surface area contributed by atoms with Crippen molar-refractivity contribution < 1.29 is 9.21 Å². The predicted molar refractivity (Wildman–Crippen MR) is 132 cm³/mol. The molecule has 0 aliphatic rings. The van der Waals surface area contributed by atoms with Crippen LogP contribution in [0, 0.1) is 0 Å². The largest absolute Gasteiger partial charge is 0.467 e. The summed E-state index contributed by atoms with van der Waals surface area (Å²) in [5.74, 6) is 2.21. The number of aromatic nitrogens is 2. The van der Waals surface area contributed by atoms with Gasteiger partial charge in [0.25, 0.3) is 0 Å². The fourth-order valence-electron chi connectivity index (χ4n) is 3.65. The number of carbonyl (C=O) groups excluding carboxylic acids is 1. The highest BCUT2D eigenvalue weighted by Crippen LogP contribution is 2.30. The number of amides is 1. The highest BCUT2D eigenvalue weighted by atomic mass is 32.1. The van der Waals surface area contributed by atoms with Crippen molar-refractivity contribution in [3.63, 3.8) is 0 Å². The second kappa shape index (κ2) is 9.67. The minimum atomic E-state index is -0.0533. The minimum Gasteiger partial charge on any atom is -0.467 e. The van der Waals surface area contributed by atoms with Gasteiger partial charge in [-0.15, -0.1) is 11.3 Å². The van der Waals surface area contributed by atoms with Gasteiger partial charge in [-0.05, 0) is 47.8 Å². The van der Waals surface area contributed by atoms with E-state index in [1.807, 2.05) is 84.2 Å². The third-order valence-corrected chi connectivity index (χ3v) is 6.08. The molecule has 0 saturated carbocycles. The number of benzene rings is 2. The van der Waals surface area contributed by atoms with Gasteiger partial charge in [0.2, 0.25) is 5.91 Å². The summed E-state index contributed by atoms with van der Waals surface area (Å²) in [5, 5.41) is 5.91. The first-order valence-corrected chi connectivity index (χ1v) is 11.6. The SMILES string of the molecule is O=C(CCN(Cc1ccco1)c1nc(-c2cccs2)nc2ccccc12)Nc1ccccc1. The number of hydrogen-bond acceptors (Lipinski definition) is 6. The maximum atomic E-state index is 12.7. The van der Waals surface area contributed by atoms with Gasteiger partial charge in [-0.1, -0.05) is 36.4 Å². The lowest BCUT2D eigenvalue weighted by atomic mass is 10.2. The number of rotatable bonds is 8. The van der Waals surface area contributed by atoms with Crippen LogP contribution in [-0.4, -0.2) is 22.4 Å². The van der Waals surface area contributed by atoms with Crippen LogP contribution < -0.4 is 10.2 Å². The number of anilines is 2. The lowest BCUT2D eigenvalue weighted by Gasteiger charge is -2.24. The van der Waals surface area contributed by atoms with E-state index in [9.17, 15) is 4.79 Å². The van der Waals surface area contributed by atoms with Gasteiger partial charge in [-0.25, -0.2) is 9.97 Å². The van der Waals surface area contributed by atoms with Gasteiger partial charge in [-0.2, -0.15) is 0 Å². The smallest absolute Gasteiger partial charge is 0.226 e. The van der Waals surface area contributed by atoms with Gasteiger partial charge in [-0.3, -0.25) is 4.79 Å². The van der Waals surface area contributed by atoms with Gasteiger partial charge >= 0.3 is 0 Å². The summed E-state index contributed by atoms with van der Waals surface area (Å²) >= 11 is 1.60. The summed E-state index contributed by atoms with van der Waals surface area (Å²) in [5.41, 5.74) is 1.65. The minimum absolute atomic E-state index is 0.0533. The van der Waals surface area contributed by atoms with Crippen molar-refractivity contribution in [2.24, 2.45) is 0 Å². The first-order valence-electron chi connectivity index (χ1n) is 10.7. The van der Waals surface area contributed by atoms with E-state index in [0.29, 0.717) is 25.3 Å². The molecule has 0 bridgehead atoms. The lowest BCUT2D eigenvalue weighted by molar-refractivity contribution is -0.116. The molecule has 0 saturated heterocycles. The van der Waals surface area contributed by atoms with Crippen molar-refractivity contribution in [1.82, 2.24) is 9.97 Å². The highest BCUT2D eigenvalue weighted by molar-refractivity contribution is 7.13. The Morgan fingerprint density at radius 1 is 0.939 bits per heavy atom. The van der Waals surface area contributed by atoms with E-state index in [4.69, 9.17) is 14.4 Å². The first kappa shape index (κ1) is 20.9. The van der Waals surface area contributed by atoms with Crippen molar-refractivity contribution in [2.45, 2.75) is 13.0 Å². The van der Waals surface area contributed by atoms with E-state index >= 15 is 0 Å². The Labute approximate surface area is 195 Å². The maximum Gasteiger partial charge on any atom is 0.226 e. The summed E-state index contributed by atoms with van der Waals surface area (Å²) in [6.45, 7) is 0.973. The summed E-state index contributed by atoms with van der Waals surface area (Å²) < 4.78 is 5.62. The molecule has 0 aliphatic carbocycles. The molecular formula is C26H22N4O2S. The molecule has 3 heterocycles. The zero-order chi connectivity index (χ0) is 22.5. The van der Waals surface area contributed by atoms with Crippen LogP contribution in [0.2, 0.25) is 0 Å². The maximum absolute atomic E-state index is 12.7. The van der Waals surface area contributed by atoms with E-state index in [0.717, 1.165) is 33.0 Å². The molecule has 5 rings (SSSR count). The van der Waals surface area contributed by atoms with Gasteiger partial charge in [0.15, 0.2) is 5.82 Å². The number of fused-ring (bicyclic) bond motifs is 1. The Kier molecular flexibility index (Phi) is 6.12. The Morgan fingerprint density at radius 3 is 2.58 bits per heavy atom. The summed E-state index contributed by atoms with van der Waals surface area (Å²) in [7, 11) is 0. The second-order valence-corrected chi connectivity index (χ2v) is 8.48. The number of furan rings is 1. The number of para-hydroxylation sites is 2. The van der Waals surface area contributed by atoms with Gasteiger partial charge in [0.1, 0.15) is 11.6 Å². The molecule has 6 nitrogen and oxygen atoms in total. The molecule has 3 aromatic heterocycles. The number of carbonyl (C=O) groups is 1. The van der Waals surface area contributed by atoms with E-state index < -0.39 is 0 Å². The molecule has 2 aromatic carbocycles. The number of nitrogens with one attached hydrogen (secondary N) is 1. The number of hydrogen-bond donors (Lipinski definition) is 1. The fraction of sp³-hybridized carbons (Fsp3) is 0.115. The van der Waals surface area contributed by atoms with Crippen LogP contribution in [0.25, 0.3) is 21.6 Å². The van der Waals surface area contributed by atoms with Gasteiger partial charge in [0, 0.05) is 24.0 Å². The van der Waals surface area contributed by atoms with Crippen LogP contribution in [0.5, 0.6) is 0 Å². The van der Waals surface area contributed by atoms with Gasteiger partial charge < -0.3 is 14.6 Å². The fourth-order valence-corrected chi connectivity index (χ4v) is 4.31. The average Bonchev–Trinajstić information content (AvgIpc) is 3.56. The van der Waals surface area contributed by atoms with E-state index in [2.05, 4.69) is 10.2 Å².